The number of rotatable bonds is 5. The van der Waals surface area contributed by atoms with Gasteiger partial charge in [0, 0.05) is 22.2 Å². The lowest BCUT2D eigenvalue weighted by atomic mass is 10.0. The predicted octanol–water partition coefficient (Wildman–Crippen LogP) is 4.88. The average Bonchev–Trinajstić information content (AvgIpc) is 3.22. The monoisotopic (exact) mass is 438 g/mol. The highest BCUT2D eigenvalue weighted by Gasteiger charge is 2.27. The van der Waals surface area contributed by atoms with Gasteiger partial charge in [0.25, 0.3) is 5.91 Å². The lowest BCUT2D eigenvalue weighted by molar-refractivity contribution is -0.123. The number of para-hydroxylation sites is 1. The van der Waals surface area contributed by atoms with Crippen molar-refractivity contribution in [2.45, 2.75) is 39.2 Å². The smallest absolute Gasteiger partial charge is 0.339 e. The van der Waals surface area contributed by atoms with E-state index in [2.05, 4.69) is 5.32 Å². The Morgan fingerprint density at radius 3 is 2.74 bits per heavy atom. The summed E-state index contributed by atoms with van der Waals surface area (Å²) in [4.78, 5) is 30.6. The molecular formula is C24H23ClN2O4. The molecule has 1 unspecified atom stereocenters. The van der Waals surface area contributed by atoms with E-state index in [1.807, 2.05) is 31.2 Å². The van der Waals surface area contributed by atoms with Gasteiger partial charge in [0.15, 0.2) is 6.10 Å². The topological polar surface area (TPSA) is 77.5 Å². The second-order valence-electron chi connectivity index (χ2n) is 7.62. The SMILES string of the molecule is COc1cc(Cl)c(C)cc1NC(=O)C(C)OC(=O)c1c2c(nc3ccccc13)CCC2. The van der Waals surface area contributed by atoms with E-state index in [9.17, 15) is 9.59 Å². The third-order valence-electron chi connectivity index (χ3n) is 5.52. The van der Waals surface area contributed by atoms with Gasteiger partial charge >= 0.3 is 5.97 Å². The van der Waals surface area contributed by atoms with Crippen molar-refractivity contribution >= 4 is 40.1 Å². The van der Waals surface area contributed by atoms with Gasteiger partial charge in [-0.2, -0.15) is 0 Å². The van der Waals surface area contributed by atoms with E-state index in [1.165, 1.54) is 7.11 Å². The number of nitrogens with zero attached hydrogens (tertiary/aromatic N) is 1. The van der Waals surface area contributed by atoms with E-state index in [4.69, 9.17) is 26.1 Å². The first-order chi connectivity index (χ1) is 14.9. The number of halogens is 1. The van der Waals surface area contributed by atoms with Gasteiger partial charge in [-0.05, 0) is 56.4 Å². The van der Waals surface area contributed by atoms with Crippen LogP contribution in [0, 0.1) is 6.92 Å². The number of ether oxygens (including phenoxy) is 2. The van der Waals surface area contributed by atoms with Crippen molar-refractivity contribution < 1.29 is 19.1 Å². The molecule has 160 valence electrons. The first-order valence-corrected chi connectivity index (χ1v) is 10.5. The van der Waals surface area contributed by atoms with E-state index >= 15 is 0 Å². The Morgan fingerprint density at radius 2 is 1.97 bits per heavy atom. The fourth-order valence-corrected chi connectivity index (χ4v) is 4.03. The number of fused-ring (bicyclic) bond motifs is 2. The van der Waals surface area contributed by atoms with Gasteiger partial charge in [-0.25, -0.2) is 4.79 Å². The summed E-state index contributed by atoms with van der Waals surface area (Å²) in [5, 5.41) is 4.04. The fourth-order valence-electron chi connectivity index (χ4n) is 3.88. The van der Waals surface area contributed by atoms with Crippen molar-refractivity contribution in [3.63, 3.8) is 0 Å². The molecule has 1 heterocycles. The van der Waals surface area contributed by atoms with Crippen LogP contribution < -0.4 is 10.1 Å². The molecular weight excluding hydrogens is 416 g/mol. The molecule has 0 bridgehead atoms. The van der Waals surface area contributed by atoms with Gasteiger partial charge in [-0.1, -0.05) is 29.8 Å². The first-order valence-electron chi connectivity index (χ1n) is 10.2. The molecule has 0 spiro atoms. The number of hydrogen-bond acceptors (Lipinski definition) is 5. The summed E-state index contributed by atoms with van der Waals surface area (Å²) in [5.41, 5.74) is 4.38. The normalized spacial score (nSPS) is 13.5. The second kappa shape index (κ2) is 8.55. The van der Waals surface area contributed by atoms with E-state index in [1.54, 1.807) is 19.1 Å². The van der Waals surface area contributed by atoms with Crippen LogP contribution in [-0.4, -0.2) is 30.1 Å². The number of benzene rings is 2. The van der Waals surface area contributed by atoms with Crippen LogP contribution >= 0.6 is 11.6 Å². The van der Waals surface area contributed by atoms with Crippen molar-refractivity contribution in [3.05, 3.63) is 63.8 Å². The van der Waals surface area contributed by atoms with Crippen LogP contribution in [0.4, 0.5) is 5.69 Å². The molecule has 1 aliphatic rings. The number of amides is 1. The molecule has 1 aliphatic carbocycles. The fraction of sp³-hybridized carbons (Fsp3) is 0.292. The number of nitrogens with one attached hydrogen (secondary N) is 1. The van der Waals surface area contributed by atoms with Crippen molar-refractivity contribution in [2.24, 2.45) is 0 Å². The maximum Gasteiger partial charge on any atom is 0.339 e. The van der Waals surface area contributed by atoms with Gasteiger partial charge in [-0.3, -0.25) is 9.78 Å². The number of aryl methyl sites for hydroxylation is 2. The molecule has 0 saturated carbocycles. The van der Waals surface area contributed by atoms with Crippen LogP contribution in [0.1, 0.15) is 40.5 Å². The van der Waals surface area contributed by atoms with Crippen LogP contribution in [-0.2, 0) is 22.4 Å². The number of aromatic nitrogens is 1. The molecule has 6 nitrogen and oxygen atoms in total. The molecule has 31 heavy (non-hydrogen) atoms. The van der Waals surface area contributed by atoms with Crippen molar-refractivity contribution in [3.8, 4) is 5.75 Å². The molecule has 3 aromatic rings. The van der Waals surface area contributed by atoms with Gasteiger partial charge in [0.1, 0.15) is 5.75 Å². The Bertz CT molecular complexity index is 1190. The Labute approximate surface area is 185 Å². The van der Waals surface area contributed by atoms with Gasteiger partial charge in [0.2, 0.25) is 0 Å². The van der Waals surface area contributed by atoms with Crippen molar-refractivity contribution in [2.75, 3.05) is 12.4 Å². The summed E-state index contributed by atoms with van der Waals surface area (Å²) in [6.07, 6.45) is 1.56. The zero-order chi connectivity index (χ0) is 22.1. The lowest BCUT2D eigenvalue weighted by Crippen LogP contribution is -2.30. The van der Waals surface area contributed by atoms with Gasteiger partial charge < -0.3 is 14.8 Å². The summed E-state index contributed by atoms with van der Waals surface area (Å²) >= 11 is 6.13. The molecule has 1 aromatic heterocycles. The standard InChI is InChI=1S/C24H23ClN2O4/c1-13-11-20(21(30-3)12-17(13)25)27-23(28)14(2)31-24(29)22-15-7-4-5-9-18(15)26-19-10-6-8-16(19)22/h4-5,7,9,11-12,14H,6,8,10H2,1-3H3,(H,27,28). The zero-order valence-corrected chi connectivity index (χ0v) is 18.4. The Hall–Kier alpha value is -3.12. The minimum atomic E-state index is -1.00. The number of pyridine rings is 1. The van der Waals surface area contributed by atoms with Crippen molar-refractivity contribution in [1.82, 2.24) is 4.98 Å². The Kier molecular flexibility index (Phi) is 5.83. The third-order valence-corrected chi connectivity index (χ3v) is 5.92. The summed E-state index contributed by atoms with van der Waals surface area (Å²) in [7, 11) is 1.50. The molecule has 1 amide bonds. The summed E-state index contributed by atoms with van der Waals surface area (Å²) in [5.74, 6) is -0.539. The van der Waals surface area contributed by atoms with Crippen LogP contribution in [0.25, 0.3) is 10.9 Å². The number of methoxy groups -OCH3 is 1. The van der Waals surface area contributed by atoms with Crippen LogP contribution in [0.15, 0.2) is 36.4 Å². The molecule has 0 fully saturated rings. The molecule has 1 N–H and O–H groups in total. The average molecular weight is 439 g/mol. The zero-order valence-electron chi connectivity index (χ0n) is 17.6. The van der Waals surface area contributed by atoms with E-state index < -0.39 is 18.0 Å². The van der Waals surface area contributed by atoms with Crippen LogP contribution in [0.5, 0.6) is 5.75 Å². The molecule has 0 aliphatic heterocycles. The molecule has 1 atom stereocenters. The van der Waals surface area contributed by atoms with E-state index in [0.29, 0.717) is 22.0 Å². The number of hydrogen-bond donors (Lipinski definition) is 1. The Morgan fingerprint density at radius 1 is 1.19 bits per heavy atom. The lowest BCUT2D eigenvalue weighted by Gasteiger charge is -2.17. The van der Waals surface area contributed by atoms with E-state index in [-0.39, 0.29) is 0 Å². The quantitative estimate of drug-likeness (QED) is 0.574. The molecule has 7 heteroatoms. The summed E-state index contributed by atoms with van der Waals surface area (Å²) in [6, 6.07) is 10.9. The highest BCUT2D eigenvalue weighted by atomic mass is 35.5. The van der Waals surface area contributed by atoms with Crippen LogP contribution in [0.2, 0.25) is 5.02 Å². The minimum absolute atomic E-state index is 0.431. The van der Waals surface area contributed by atoms with Gasteiger partial charge in [0.05, 0.1) is 23.9 Å². The predicted molar refractivity (Wildman–Crippen MR) is 120 cm³/mol. The largest absolute Gasteiger partial charge is 0.495 e. The Balaban J connectivity index is 1.57. The summed E-state index contributed by atoms with van der Waals surface area (Å²) < 4.78 is 10.9. The second-order valence-corrected chi connectivity index (χ2v) is 8.03. The molecule has 4 rings (SSSR count). The minimum Gasteiger partial charge on any atom is -0.495 e. The number of carbonyl (C=O) groups excluding carboxylic acids is 2. The summed E-state index contributed by atoms with van der Waals surface area (Å²) in [6.45, 7) is 3.38. The van der Waals surface area contributed by atoms with Crippen molar-refractivity contribution in [1.29, 1.82) is 0 Å². The number of esters is 1. The highest BCUT2D eigenvalue weighted by molar-refractivity contribution is 6.31. The maximum absolute atomic E-state index is 13.1. The molecule has 2 aromatic carbocycles. The number of carbonyl (C=O) groups is 2. The highest BCUT2D eigenvalue weighted by Crippen LogP contribution is 2.32. The van der Waals surface area contributed by atoms with E-state index in [0.717, 1.165) is 47.0 Å². The third kappa shape index (κ3) is 4.08. The van der Waals surface area contributed by atoms with Crippen LogP contribution in [0.3, 0.4) is 0 Å². The first kappa shape index (κ1) is 21.1. The maximum atomic E-state index is 13.1. The molecule has 0 radical (unpaired) electrons. The number of anilines is 1. The van der Waals surface area contributed by atoms with Gasteiger partial charge in [-0.15, -0.1) is 0 Å². The molecule has 0 saturated heterocycles.